The Morgan fingerprint density at radius 2 is 0.769 bits per heavy atom. The largest absolute Gasteiger partial charge is 0.102 e. The van der Waals surface area contributed by atoms with Gasteiger partial charge in [-0.1, -0.05) is 13.6 Å². The Morgan fingerprint density at radius 1 is 0.615 bits per heavy atom. The summed E-state index contributed by atoms with van der Waals surface area (Å²) in [5.41, 5.74) is 0. The van der Waals surface area contributed by atoms with Gasteiger partial charge < -0.3 is 0 Å². The molecular formula is C12H22B. The second-order valence-corrected chi connectivity index (χ2v) is 5.46. The predicted octanol–water partition coefficient (Wildman–Crippen LogP) is 3.62. The molecule has 4 rings (SSSR count). The summed E-state index contributed by atoms with van der Waals surface area (Å²) in [5.74, 6) is 4.71. The Kier molecular flexibility index (Phi) is 3.01. The maximum Gasteiger partial charge on any atom is 0.102 e. The molecule has 0 saturated heterocycles. The Labute approximate surface area is 83.7 Å². The number of rotatable bonds is 0. The molecule has 0 atom stereocenters. The topological polar surface area (TPSA) is 0 Å². The van der Waals surface area contributed by atoms with Crippen molar-refractivity contribution < 1.29 is 0 Å². The van der Waals surface area contributed by atoms with Gasteiger partial charge in [0.05, 0.1) is 0 Å². The van der Waals surface area contributed by atoms with Crippen LogP contribution < -0.4 is 0 Å². The van der Waals surface area contributed by atoms with Gasteiger partial charge in [0.2, 0.25) is 0 Å². The first-order valence-electron chi connectivity index (χ1n) is 6.05. The monoisotopic (exact) mass is 177 g/mol. The summed E-state index contributed by atoms with van der Waals surface area (Å²) in [6, 6.07) is 0. The Balaban J connectivity index is 0.000000196. The van der Waals surface area contributed by atoms with Gasteiger partial charge in [0, 0.05) is 0 Å². The van der Waals surface area contributed by atoms with Crippen molar-refractivity contribution >= 4 is 7.28 Å². The zero-order valence-corrected chi connectivity index (χ0v) is 9.13. The number of hydrogen-bond acceptors (Lipinski definition) is 0. The molecule has 13 heavy (non-hydrogen) atoms. The third-order valence-electron chi connectivity index (χ3n) is 4.00. The maximum absolute atomic E-state index is 2.00. The molecule has 0 aromatic heterocycles. The molecule has 0 aliphatic heterocycles. The molecule has 73 valence electrons. The molecule has 0 heterocycles. The first-order chi connectivity index (χ1) is 6.31. The summed E-state index contributed by atoms with van der Waals surface area (Å²) in [6.07, 6.45) is 9.62. The lowest BCUT2D eigenvalue weighted by molar-refractivity contribution is 0.0198. The van der Waals surface area contributed by atoms with Crippen molar-refractivity contribution in [1.82, 2.24) is 0 Å². The molecular weight excluding hydrogens is 155 g/mol. The van der Waals surface area contributed by atoms with Gasteiger partial charge in [-0.2, -0.15) is 0 Å². The lowest BCUT2D eigenvalue weighted by atomic mass is 9.56. The molecule has 0 spiro atoms. The first kappa shape index (κ1) is 9.61. The van der Waals surface area contributed by atoms with E-state index in [1.807, 2.05) is 20.9 Å². The third-order valence-corrected chi connectivity index (χ3v) is 4.00. The van der Waals surface area contributed by atoms with Crippen molar-refractivity contribution in [1.29, 1.82) is 0 Å². The minimum Gasteiger partial charge on any atom is -0.0922 e. The van der Waals surface area contributed by atoms with E-state index in [0.717, 1.165) is 0 Å². The zero-order chi connectivity index (χ0) is 9.26. The van der Waals surface area contributed by atoms with Crippen LogP contribution in [-0.4, -0.2) is 7.28 Å². The molecule has 4 aliphatic rings. The van der Waals surface area contributed by atoms with Crippen LogP contribution in [0.25, 0.3) is 0 Å². The van der Waals surface area contributed by atoms with E-state index in [9.17, 15) is 0 Å². The quantitative estimate of drug-likeness (QED) is 0.495. The van der Waals surface area contributed by atoms with E-state index in [4.69, 9.17) is 0 Å². The number of hydrogen-bond donors (Lipinski definition) is 0. The highest BCUT2D eigenvalue weighted by Gasteiger charge is 2.41. The SMILES string of the molecule is C1C2CC3CC1CC(C2)C3.C[B]C. The van der Waals surface area contributed by atoms with Crippen molar-refractivity contribution in [2.75, 3.05) is 0 Å². The molecule has 0 nitrogen and oxygen atoms in total. The first-order valence-corrected chi connectivity index (χ1v) is 6.05. The van der Waals surface area contributed by atoms with Crippen molar-refractivity contribution in [3.05, 3.63) is 0 Å². The highest BCUT2D eigenvalue weighted by Crippen LogP contribution is 2.53. The molecule has 4 bridgehead atoms. The fourth-order valence-corrected chi connectivity index (χ4v) is 3.98. The van der Waals surface area contributed by atoms with Gasteiger partial charge in [0.25, 0.3) is 0 Å². The molecule has 4 fully saturated rings. The van der Waals surface area contributed by atoms with Gasteiger partial charge in [-0.05, 0) is 62.2 Å². The fourth-order valence-electron chi connectivity index (χ4n) is 3.98. The lowest BCUT2D eigenvalue weighted by Crippen LogP contribution is -2.38. The summed E-state index contributed by atoms with van der Waals surface area (Å²) in [5, 5.41) is 0. The normalized spacial score (nSPS) is 45.4. The summed E-state index contributed by atoms with van der Waals surface area (Å²) < 4.78 is 0. The van der Waals surface area contributed by atoms with Crippen LogP contribution in [0.2, 0.25) is 13.6 Å². The van der Waals surface area contributed by atoms with E-state index in [2.05, 4.69) is 0 Å². The molecule has 4 saturated carbocycles. The van der Waals surface area contributed by atoms with Crippen LogP contribution in [-0.2, 0) is 0 Å². The van der Waals surface area contributed by atoms with Gasteiger partial charge in [0.15, 0.2) is 0 Å². The highest BCUT2D eigenvalue weighted by atomic mass is 14.5. The highest BCUT2D eigenvalue weighted by molar-refractivity contribution is 6.31. The van der Waals surface area contributed by atoms with Gasteiger partial charge in [-0.15, -0.1) is 0 Å². The van der Waals surface area contributed by atoms with Crippen LogP contribution in [0.15, 0.2) is 0 Å². The van der Waals surface area contributed by atoms with E-state index < -0.39 is 0 Å². The molecule has 4 aliphatic carbocycles. The summed E-state index contributed by atoms with van der Waals surface area (Å²) in [6.45, 7) is 4.00. The predicted molar refractivity (Wildman–Crippen MR) is 59.1 cm³/mol. The summed E-state index contributed by atoms with van der Waals surface area (Å²) >= 11 is 0. The van der Waals surface area contributed by atoms with Crippen molar-refractivity contribution in [2.24, 2.45) is 23.7 Å². The molecule has 0 N–H and O–H groups in total. The summed E-state index contributed by atoms with van der Waals surface area (Å²) in [4.78, 5) is 0. The Hall–Kier alpha value is 0.0649. The second kappa shape index (κ2) is 4.06. The standard InChI is InChI=1S/C10H16.C2H6B/c1-7-2-9-4-8(1)5-10(3-7)6-9;1-3-2/h7-10H,1-6H2;1-2H3. The van der Waals surface area contributed by atoms with E-state index in [1.54, 1.807) is 38.5 Å². The third kappa shape index (κ3) is 2.11. The molecule has 0 aromatic carbocycles. The molecule has 1 heteroatoms. The average Bonchev–Trinajstić information content (AvgIpc) is 2.01. The van der Waals surface area contributed by atoms with Gasteiger partial charge in [-0.25, -0.2) is 0 Å². The zero-order valence-electron chi connectivity index (χ0n) is 9.13. The van der Waals surface area contributed by atoms with Crippen LogP contribution in [0.3, 0.4) is 0 Å². The Bertz CT molecular complexity index is 108. The van der Waals surface area contributed by atoms with Gasteiger partial charge in [0.1, 0.15) is 7.28 Å². The maximum atomic E-state index is 2.00. The molecule has 0 aromatic rings. The van der Waals surface area contributed by atoms with E-state index in [0.29, 0.717) is 0 Å². The molecule has 1 radical (unpaired) electrons. The summed E-state index contributed by atoms with van der Waals surface area (Å²) in [7, 11) is 2.00. The molecule has 0 amide bonds. The average molecular weight is 177 g/mol. The van der Waals surface area contributed by atoms with Crippen LogP contribution >= 0.6 is 0 Å². The van der Waals surface area contributed by atoms with E-state index in [1.165, 1.54) is 23.7 Å². The van der Waals surface area contributed by atoms with E-state index in [-0.39, 0.29) is 0 Å². The van der Waals surface area contributed by atoms with Gasteiger partial charge in [-0.3, -0.25) is 0 Å². The Morgan fingerprint density at radius 3 is 0.923 bits per heavy atom. The van der Waals surface area contributed by atoms with Crippen LogP contribution in [0.4, 0.5) is 0 Å². The van der Waals surface area contributed by atoms with Crippen LogP contribution in [0.5, 0.6) is 0 Å². The minimum atomic E-state index is 1.18. The van der Waals surface area contributed by atoms with Crippen molar-refractivity contribution in [2.45, 2.75) is 52.2 Å². The smallest absolute Gasteiger partial charge is 0.0922 e. The second-order valence-electron chi connectivity index (χ2n) is 5.46. The van der Waals surface area contributed by atoms with Gasteiger partial charge >= 0.3 is 0 Å². The lowest BCUT2D eigenvalue weighted by Gasteiger charge is -2.49. The van der Waals surface area contributed by atoms with Crippen LogP contribution in [0, 0.1) is 23.7 Å². The van der Waals surface area contributed by atoms with Crippen LogP contribution in [0.1, 0.15) is 38.5 Å². The van der Waals surface area contributed by atoms with Crippen molar-refractivity contribution in [3.63, 3.8) is 0 Å². The fraction of sp³-hybridized carbons (Fsp3) is 1.00. The molecule has 0 unspecified atom stereocenters. The minimum absolute atomic E-state index is 1.18. The van der Waals surface area contributed by atoms with E-state index >= 15 is 0 Å². The van der Waals surface area contributed by atoms with Crippen molar-refractivity contribution in [3.8, 4) is 0 Å².